The summed E-state index contributed by atoms with van der Waals surface area (Å²) in [6.45, 7) is 2.96. The van der Waals surface area contributed by atoms with E-state index in [1.807, 2.05) is 19.1 Å². The molecular weight excluding hydrogens is 337 g/mol. The highest BCUT2D eigenvalue weighted by atomic mass is 35.5. The van der Waals surface area contributed by atoms with Crippen LogP contribution in [0, 0.1) is 17.8 Å². The van der Waals surface area contributed by atoms with Crippen molar-refractivity contribution in [2.45, 2.75) is 25.7 Å². The predicted molar refractivity (Wildman–Crippen MR) is 88.8 cm³/mol. The maximum absolute atomic E-state index is 12.7. The molecule has 23 heavy (non-hydrogen) atoms. The second kappa shape index (κ2) is 6.33. The number of carboxylic acid groups (broad SMARTS) is 1. The Morgan fingerprint density at radius 1 is 1.13 bits per heavy atom. The summed E-state index contributed by atoms with van der Waals surface area (Å²) in [5.41, 5.74) is 0.987. The van der Waals surface area contributed by atoms with Gasteiger partial charge in [0.2, 0.25) is 5.91 Å². The third-order valence-electron chi connectivity index (χ3n) is 4.74. The van der Waals surface area contributed by atoms with Crippen molar-refractivity contribution < 1.29 is 14.7 Å². The number of rotatable bonds is 3. The van der Waals surface area contributed by atoms with Gasteiger partial charge in [0.15, 0.2) is 0 Å². The van der Waals surface area contributed by atoms with Crippen molar-refractivity contribution in [3.8, 4) is 0 Å². The molecule has 0 aromatic heterocycles. The van der Waals surface area contributed by atoms with E-state index in [4.69, 9.17) is 23.2 Å². The number of hydrogen-bond acceptors (Lipinski definition) is 2. The molecule has 4 unspecified atom stereocenters. The average molecular weight is 356 g/mol. The molecule has 4 nitrogen and oxygen atoms in total. The molecule has 1 aromatic rings. The molecular formula is C17H19Cl2NO3. The number of nitrogens with zero attached hydrogens (tertiary/aromatic N) is 1. The van der Waals surface area contributed by atoms with Gasteiger partial charge < -0.3 is 10.0 Å². The monoisotopic (exact) mass is 355 g/mol. The zero-order valence-electron chi connectivity index (χ0n) is 12.8. The SMILES string of the molecule is CC1CC(C(=O)O)CN(C(=O)C2CC2c2cc(Cl)cc(Cl)c2)C1. The first-order valence-electron chi connectivity index (χ1n) is 7.82. The largest absolute Gasteiger partial charge is 0.481 e. The quantitative estimate of drug-likeness (QED) is 0.899. The number of amides is 1. The molecule has 4 atom stereocenters. The Bertz CT molecular complexity index is 628. The lowest BCUT2D eigenvalue weighted by Crippen LogP contribution is -2.46. The van der Waals surface area contributed by atoms with E-state index < -0.39 is 11.9 Å². The van der Waals surface area contributed by atoms with Gasteiger partial charge in [0, 0.05) is 29.1 Å². The van der Waals surface area contributed by atoms with Crippen LogP contribution in [0.25, 0.3) is 0 Å². The van der Waals surface area contributed by atoms with Gasteiger partial charge in [-0.25, -0.2) is 0 Å². The molecule has 1 saturated carbocycles. The van der Waals surface area contributed by atoms with Crippen LogP contribution in [-0.4, -0.2) is 35.0 Å². The standard InChI is InChI=1S/C17H19Cl2NO3/c1-9-2-11(17(22)23)8-20(7-9)16(21)15-6-14(15)10-3-12(18)5-13(19)4-10/h3-5,9,11,14-15H,2,6-8H2,1H3,(H,22,23). The third-order valence-corrected chi connectivity index (χ3v) is 5.18. The summed E-state index contributed by atoms with van der Waals surface area (Å²) in [7, 11) is 0. The lowest BCUT2D eigenvalue weighted by molar-refractivity contribution is -0.147. The van der Waals surface area contributed by atoms with Gasteiger partial charge in [-0.15, -0.1) is 0 Å². The van der Waals surface area contributed by atoms with Gasteiger partial charge in [-0.3, -0.25) is 9.59 Å². The van der Waals surface area contributed by atoms with Crippen LogP contribution in [-0.2, 0) is 9.59 Å². The number of aliphatic carboxylic acids is 1. The molecule has 1 saturated heterocycles. The molecule has 2 fully saturated rings. The number of piperidine rings is 1. The zero-order valence-corrected chi connectivity index (χ0v) is 14.3. The molecule has 1 amide bonds. The van der Waals surface area contributed by atoms with Crippen LogP contribution in [0.2, 0.25) is 10.0 Å². The van der Waals surface area contributed by atoms with Crippen molar-refractivity contribution in [3.63, 3.8) is 0 Å². The fourth-order valence-corrected chi connectivity index (χ4v) is 4.11. The number of benzene rings is 1. The minimum atomic E-state index is -0.816. The molecule has 2 aliphatic rings. The van der Waals surface area contributed by atoms with E-state index in [9.17, 15) is 14.7 Å². The fraction of sp³-hybridized carbons (Fsp3) is 0.529. The average Bonchev–Trinajstić information content (AvgIpc) is 3.25. The summed E-state index contributed by atoms with van der Waals surface area (Å²) in [5.74, 6) is -0.942. The second-order valence-corrected chi connectivity index (χ2v) is 7.64. The lowest BCUT2D eigenvalue weighted by atomic mass is 9.90. The highest BCUT2D eigenvalue weighted by Crippen LogP contribution is 2.49. The van der Waals surface area contributed by atoms with Gasteiger partial charge in [0.25, 0.3) is 0 Å². The molecule has 1 aromatic carbocycles. The molecule has 1 heterocycles. The first kappa shape index (κ1) is 16.6. The topological polar surface area (TPSA) is 57.6 Å². The Labute approximate surface area is 145 Å². The van der Waals surface area contributed by atoms with Crippen LogP contribution in [0.4, 0.5) is 0 Å². The highest BCUT2D eigenvalue weighted by molar-refractivity contribution is 6.34. The molecule has 0 radical (unpaired) electrons. The zero-order chi connectivity index (χ0) is 16.7. The van der Waals surface area contributed by atoms with Gasteiger partial charge >= 0.3 is 5.97 Å². The Hall–Kier alpha value is -1.26. The van der Waals surface area contributed by atoms with Gasteiger partial charge in [0.1, 0.15) is 0 Å². The maximum Gasteiger partial charge on any atom is 0.308 e. The van der Waals surface area contributed by atoms with Crippen molar-refractivity contribution in [1.29, 1.82) is 0 Å². The van der Waals surface area contributed by atoms with E-state index in [1.165, 1.54) is 0 Å². The first-order valence-corrected chi connectivity index (χ1v) is 8.58. The van der Waals surface area contributed by atoms with Crippen molar-refractivity contribution in [1.82, 2.24) is 4.90 Å². The van der Waals surface area contributed by atoms with E-state index >= 15 is 0 Å². The summed E-state index contributed by atoms with van der Waals surface area (Å²) < 4.78 is 0. The lowest BCUT2D eigenvalue weighted by Gasteiger charge is -2.35. The molecule has 3 rings (SSSR count). The minimum absolute atomic E-state index is 0.0592. The molecule has 124 valence electrons. The van der Waals surface area contributed by atoms with E-state index in [-0.39, 0.29) is 23.7 Å². The number of halogens is 2. The van der Waals surface area contributed by atoms with Crippen molar-refractivity contribution >= 4 is 35.1 Å². The van der Waals surface area contributed by atoms with Crippen LogP contribution in [0.1, 0.15) is 31.2 Å². The third kappa shape index (κ3) is 3.64. The summed E-state index contributed by atoms with van der Waals surface area (Å²) in [4.78, 5) is 25.7. The van der Waals surface area contributed by atoms with Crippen molar-refractivity contribution in [2.24, 2.45) is 17.8 Å². The summed E-state index contributed by atoms with van der Waals surface area (Å²) >= 11 is 12.1. The number of likely N-dealkylation sites (tertiary alicyclic amines) is 1. The minimum Gasteiger partial charge on any atom is -0.481 e. The van der Waals surface area contributed by atoms with Crippen LogP contribution < -0.4 is 0 Å². The van der Waals surface area contributed by atoms with E-state index in [0.29, 0.717) is 29.6 Å². The van der Waals surface area contributed by atoms with Gasteiger partial charge in [0.05, 0.1) is 5.92 Å². The maximum atomic E-state index is 12.7. The molecule has 0 bridgehead atoms. The smallest absolute Gasteiger partial charge is 0.308 e. The van der Waals surface area contributed by atoms with Crippen molar-refractivity contribution in [2.75, 3.05) is 13.1 Å². The molecule has 6 heteroatoms. The second-order valence-electron chi connectivity index (χ2n) is 6.77. The first-order chi connectivity index (χ1) is 10.8. The van der Waals surface area contributed by atoms with E-state index in [2.05, 4.69) is 0 Å². The van der Waals surface area contributed by atoms with E-state index in [0.717, 1.165) is 12.0 Å². The molecule has 1 aliphatic heterocycles. The Morgan fingerprint density at radius 3 is 2.39 bits per heavy atom. The predicted octanol–water partition coefficient (Wildman–Crippen LogP) is 3.67. The van der Waals surface area contributed by atoms with E-state index in [1.54, 1.807) is 11.0 Å². The summed E-state index contributed by atoms with van der Waals surface area (Å²) in [6, 6.07) is 5.38. The van der Waals surface area contributed by atoms with Gasteiger partial charge in [-0.2, -0.15) is 0 Å². The number of carbonyl (C=O) groups is 2. The summed E-state index contributed by atoms with van der Waals surface area (Å²) in [5, 5.41) is 10.4. The fourth-order valence-electron chi connectivity index (χ4n) is 3.57. The Balaban J connectivity index is 1.69. The summed E-state index contributed by atoms with van der Waals surface area (Å²) in [6.07, 6.45) is 1.41. The van der Waals surface area contributed by atoms with Gasteiger partial charge in [-0.1, -0.05) is 30.1 Å². The van der Waals surface area contributed by atoms with Crippen LogP contribution >= 0.6 is 23.2 Å². The number of hydrogen-bond donors (Lipinski definition) is 1. The molecule has 1 N–H and O–H groups in total. The van der Waals surface area contributed by atoms with Crippen LogP contribution in [0.5, 0.6) is 0 Å². The van der Waals surface area contributed by atoms with Crippen LogP contribution in [0.15, 0.2) is 18.2 Å². The Morgan fingerprint density at radius 2 is 1.78 bits per heavy atom. The normalized spacial score (nSPS) is 30.1. The molecule has 0 spiro atoms. The van der Waals surface area contributed by atoms with Crippen molar-refractivity contribution in [3.05, 3.63) is 33.8 Å². The van der Waals surface area contributed by atoms with Gasteiger partial charge in [-0.05, 0) is 48.4 Å². The molecule has 1 aliphatic carbocycles. The number of carboxylic acids is 1. The highest BCUT2D eigenvalue weighted by Gasteiger charge is 2.47. The number of carbonyl (C=O) groups excluding carboxylic acids is 1. The Kier molecular flexibility index (Phi) is 4.56. The van der Waals surface area contributed by atoms with Crippen LogP contribution in [0.3, 0.4) is 0 Å².